The monoisotopic (exact) mass is 296 g/mol. The van der Waals surface area contributed by atoms with Crippen LogP contribution in [0.15, 0.2) is 18.2 Å². The number of rotatable bonds is 5. The zero-order valence-corrected chi connectivity index (χ0v) is 12.5. The van der Waals surface area contributed by atoms with E-state index in [0.29, 0.717) is 23.1 Å². The first-order chi connectivity index (χ1) is 9.60. The van der Waals surface area contributed by atoms with Gasteiger partial charge < -0.3 is 15.8 Å². The average Bonchev–Trinajstić information content (AvgIpc) is 2.85. The summed E-state index contributed by atoms with van der Waals surface area (Å²) in [7, 11) is 0. The Labute approximate surface area is 124 Å². The number of ether oxygens (including phenoxy) is 1. The number of hydrogen-bond donors (Lipinski definition) is 2. The van der Waals surface area contributed by atoms with Crippen molar-refractivity contribution in [1.82, 2.24) is 0 Å². The largest absolute Gasteiger partial charge is 0.492 e. The smallest absolute Gasteiger partial charge is 0.227 e. The van der Waals surface area contributed by atoms with Crippen LogP contribution in [0, 0.1) is 5.92 Å². The molecular formula is C15H21ClN2O2. The van der Waals surface area contributed by atoms with E-state index in [1.165, 1.54) is 0 Å². The molecule has 1 aromatic rings. The van der Waals surface area contributed by atoms with Crippen molar-refractivity contribution in [1.29, 1.82) is 0 Å². The highest BCUT2D eigenvalue weighted by Gasteiger charge is 2.27. The minimum Gasteiger partial charge on any atom is -0.492 e. The van der Waals surface area contributed by atoms with Gasteiger partial charge in [0.1, 0.15) is 5.75 Å². The summed E-state index contributed by atoms with van der Waals surface area (Å²) >= 11 is 6.14. The van der Waals surface area contributed by atoms with Gasteiger partial charge in [0, 0.05) is 17.6 Å². The summed E-state index contributed by atoms with van der Waals surface area (Å²) in [6.07, 6.45) is 3.47. The summed E-state index contributed by atoms with van der Waals surface area (Å²) in [6.45, 7) is 2.67. The molecule has 1 aliphatic carbocycles. The van der Waals surface area contributed by atoms with Gasteiger partial charge in [-0.05, 0) is 43.9 Å². The molecule has 4 nitrogen and oxygen atoms in total. The van der Waals surface area contributed by atoms with Crippen LogP contribution in [-0.4, -0.2) is 18.6 Å². The molecule has 0 spiro atoms. The van der Waals surface area contributed by atoms with Crippen LogP contribution in [0.4, 0.5) is 5.69 Å². The Kier molecular flexibility index (Phi) is 5.26. The first kappa shape index (κ1) is 15.1. The highest BCUT2D eigenvalue weighted by Crippen LogP contribution is 2.29. The second-order valence-corrected chi connectivity index (χ2v) is 5.66. The van der Waals surface area contributed by atoms with Gasteiger partial charge in [0.05, 0.1) is 11.6 Å². The second-order valence-electron chi connectivity index (χ2n) is 5.25. The van der Waals surface area contributed by atoms with Gasteiger partial charge in [-0.15, -0.1) is 0 Å². The first-order valence-corrected chi connectivity index (χ1v) is 7.46. The Balaban J connectivity index is 1.96. The number of carbonyl (C=O) groups is 1. The summed E-state index contributed by atoms with van der Waals surface area (Å²) in [6, 6.07) is 5.47. The van der Waals surface area contributed by atoms with Crippen molar-refractivity contribution in [2.45, 2.75) is 38.6 Å². The van der Waals surface area contributed by atoms with Crippen LogP contribution >= 0.6 is 11.6 Å². The van der Waals surface area contributed by atoms with Crippen molar-refractivity contribution in [2.24, 2.45) is 11.7 Å². The molecular weight excluding hydrogens is 276 g/mol. The number of carbonyl (C=O) groups excluding carboxylic acids is 1. The molecule has 2 rings (SSSR count). The Hall–Kier alpha value is -1.26. The van der Waals surface area contributed by atoms with Crippen LogP contribution < -0.4 is 15.8 Å². The lowest BCUT2D eigenvalue weighted by Gasteiger charge is -2.12. The fraction of sp³-hybridized carbons (Fsp3) is 0.533. The maximum atomic E-state index is 12.1. The number of nitrogens with one attached hydrogen (secondary N) is 1. The molecule has 1 fully saturated rings. The van der Waals surface area contributed by atoms with E-state index < -0.39 is 0 Å². The van der Waals surface area contributed by atoms with Crippen molar-refractivity contribution in [3.05, 3.63) is 23.2 Å². The number of benzene rings is 1. The molecule has 0 aromatic heterocycles. The third kappa shape index (κ3) is 3.87. The molecule has 0 bridgehead atoms. The lowest BCUT2D eigenvalue weighted by molar-refractivity contribution is -0.119. The van der Waals surface area contributed by atoms with Gasteiger partial charge in [-0.25, -0.2) is 0 Å². The first-order valence-electron chi connectivity index (χ1n) is 7.09. The van der Waals surface area contributed by atoms with Crippen LogP contribution in [0.5, 0.6) is 5.75 Å². The van der Waals surface area contributed by atoms with Gasteiger partial charge in [-0.3, -0.25) is 4.79 Å². The van der Waals surface area contributed by atoms with Crippen molar-refractivity contribution >= 4 is 23.2 Å². The molecule has 0 radical (unpaired) electrons. The van der Waals surface area contributed by atoms with Crippen LogP contribution in [0.25, 0.3) is 0 Å². The summed E-state index contributed by atoms with van der Waals surface area (Å²) in [5.41, 5.74) is 6.53. The van der Waals surface area contributed by atoms with Crippen LogP contribution in [-0.2, 0) is 4.79 Å². The summed E-state index contributed by atoms with van der Waals surface area (Å²) in [5.74, 6) is 0.686. The minimum absolute atomic E-state index is 0.0137. The predicted octanol–water partition coefficient (Wildman–Crippen LogP) is 3.19. The molecule has 2 atom stereocenters. The van der Waals surface area contributed by atoms with Gasteiger partial charge in [0.2, 0.25) is 5.91 Å². The lowest BCUT2D eigenvalue weighted by Crippen LogP contribution is -2.23. The molecule has 0 heterocycles. The number of nitrogens with two attached hydrogens (primary N) is 1. The number of hydrogen-bond acceptors (Lipinski definition) is 3. The van der Waals surface area contributed by atoms with E-state index in [1.807, 2.05) is 13.0 Å². The van der Waals surface area contributed by atoms with Crippen molar-refractivity contribution < 1.29 is 9.53 Å². The molecule has 1 aromatic carbocycles. The Bertz CT molecular complexity index is 479. The van der Waals surface area contributed by atoms with Gasteiger partial charge in [0.25, 0.3) is 0 Å². The lowest BCUT2D eigenvalue weighted by atomic mass is 10.1. The molecule has 20 heavy (non-hydrogen) atoms. The second kappa shape index (κ2) is 6.95. The minimum atomic E-state index is 0.0137. The van der Waals surface area contributed by atoms with E-state index in [4.69, 9.17) is 22.1 Å². The van der Waals surface area contributed by atoms with Crippen LogP contribution in [0.3, 0.4) is 0 Å². The van der Waals surface area contributed by atoms with E-state index in [0.717, 1.165) is 25.7 Å². The summed E-state index contributed by atoms with van der Waals surface area (Å²) in [4.78, 5) is 12.1. The zero-order valence-electron chi connectivity index (χ0n) is 11.7. The Morgan fingerprint density at radius 3 is 2.90 bits per heavy atom. The fourth-order valence-electron chi connectivity index (χ4n) is 2.41. The van der Waals surface area contributed by atoms with Crippen molar-refractivity contribution in [3.63, 3.8) is 0 Å². The molecule has 5 heteroatoms. The third-order valence-electron chi connectivity index (χ3n) is 3.51. The van der Waals surface area contributed by atoms with Crippen LogP contribution in [0.2, 0.25) is 5.02 Å². The maximum absolute atomic E-state index is 12.1. The van der Waals surface area contributed by atoms with E-state index >= 15 is 0 Å². The molecule has 2 unspecified atom stereocenters. The van der Waals surface area contributed by atoms with Crippen molar-refractivity contribution in [3.8, 4) is 5.75 Å². The van der Waals surface area contributed by atoms with E-state index in [2.05, 4.69) is 5.32 Å². The van der Waals surface area contributed by atoms with E-state index in [9.17, 15) is 4.79 Å². The molecule has 1 amide bonds. The Morgan fingerprint density at radius 2 is 2.30 bits per heavy atom. The third-order valence-corrected chi connectivity index (χ3v) is 3.80. The van der Waals surface area contributed by atoms with Gasteiger partial charge >= 0.3 is 0 Å². The highest BCUT2D eigenvalue weighted by molar-refractivity contribution is 6.32. The van der Waals surface area contributed by atoms with E-state index in [-0.39, 0.29) is 17.9 Å². The summed E-state index contributed by atoms with van der Waals surface area (Å²) < 4.78 is 5.50. The summed E-state index contributed by atoms with van der Waals surface area (Å²) in [5, 5.41) is 3.41. The highest BCUT2D eigenvalue weighted by atomic mass is 35.5. The number of amides is 1. The molecule has 0 aliphatic heterocycles. The zero-order chi connectivity index (χ0) is 14.5. The molecule has 110 valence electrons. The quantitative estimate of drug-likeness (QED) is 0.877. The van der Waals surface area contributed by atoms with Gasteiger partial charge in [-0.1, -0.05) is 18.5 Å². The molecule has 3 N–H and O–H groups in total. The fourth-order valence-corrected chi connectivity index (χ4v) is 2.64. The average molecular weight is 297 g/mol. The number of halogens is 1. The van der Waals surface area contributed by atoms with Crippen molar-refractivity contribution in [2.75, 3.05) is 11.9 Å². The number of anilines is 1. The molecule has 0 saturated heterocycles. The van der Waals surface area contributed by atoms with E-state index in [1.54, 1.807) is 12.1 Å². The Morgan fingerprint density at radius 1 is 1.50 bits per heavy atom. The topological polar surface area (TPSA) is 64.3 Å². The maximum Gasteiger partial charge on any atom is 0.227 e. The van der Waals surface area contributed by atoms with Gasteiger partial charge in [-0.2, -0.15) is 0 Å². The normalized spacial score (nSPS) is 21.8. The van der Waals surface area contributed by atoms with Gasteiger partial charge in [0.15, 0.2) is 0 Å². The SMILES string of the molecule is CCCOc1ccc(NC(=O)C2CCC(N)C2)cc1Cl. The standard InChI is InChI=1S/C15H21ClN2O2/c1-2-7-20-14-6-5-12(9-13(14)16)18-15(19)10-3-4-11(17)8-10/h5-6,9-11H,2-4,7-8,17H2,1H3,(H,18,19). The molecule has 1 aliphatic rings. The van der Waals surface area contributed by atoms with Crippen LogP contribution in [0.1, 0.15) is 32.6 Å². The molecule has 1 saturated carbocycles. The predicted molar refractivity (Wildman–Crippen MR) is 81.2 cm³/mol.